The van der Waals surface area contributed by atoms with E-state index in [0.29, 0.717) is 5.41 Å². The molecule has 2 rings (SSSR count). The normalized spacial score (nSPS) is 33.4. The van der Waals surface area contributed by atoms with E-state index in [0.717, 1.165) is 12.6 Å². The van der Waals surface area contributed by atoms with Crippen LogP contribution in [-0.2, 0) is 0 Å². The Morgan fingerprint density at radius 1 is 1.20 bits per heavy atom. The van der Waals surface area contributed by atoms with E-state index in [-0.39, 0.29) is 5.54 Å². The Morgan fingerprint density at radius 3 is 2.40 bits per heavy atom. The minimum atomic E-state index is 0.118. The summed E-state index contributed by atoms with van der Waals surface area (Å²) in [4.78, 5) is 0. The quantitative estimate of drug-likeness (QED) is 0.751. The minimum Gasteiger partial charge on any atom is -0.324 e. The highest BCUT2D eigenvalue weighted by molar-refractivity contribution is 4.94. The van der Waals surface area contributed by atoms with Crippen molar-refractivity contribution >= 4 is 0 Å². The fourth-order valence-corrected chi connectivity index (χ4v) is 3.21. The molecular weight excluding hydrogens is 184 g/mol. The van der Waals surface area contributed by atoms with E-state index in [2.05, 4.69) is 19.2 Å². The SMILES string of the molecule is CC1(C)CCC(NCC2(N)CCCC2)C1. The number of rotatable bonds is 3. The van der Waals surface area contributed by atoms with Gasteiger partial charge in [0.2, 0.25) is 0 Å². The van der Waals surface area contributed by atoms with Crippen molar-refractivity contribution < 1.29 is 0 Å². The maximum atomic E-state index is 6.34. The van der Waals surface area contributed by atoms with Gasteiger partial charge in [-0.25, -0.2) is 0 Å². The summed E-state index contributed by atoms with van der Waals surface area (Å²) < 4.78 is 0. The number of nitrogens with two attached hydrogens (primary N) is 1. The summed E-state index contributed by atoms with van der Waals surface area (Å²) in [5, 5.41) is 3.69. The molecule has 0 amide bonds. The average molecular weight is 210 g/mol. The van der Waals surface area contributed by atoms with Crippen molar-refractivity contribution in [1.82, 2.24) is 5.32 Å². The van der Waals surface area contributed by atoms with Crippen LogP contribution in [0.4, 0.5) is 0 Å². The standard InChI is InChI=1S/C13H26N2/c1-12(2)8-5-11(9-12)15-10-13(14)6-3-4-7-13/h11,15H,3-10,14H2,1-2H3. The highest BCUT2D eigenvalue weighted by Gasteiger charge is 2.34. The third-order valence-corrected chi connectivity index (χ3v) is 4.31. The molecule has 2 nitrogen and oxygen atoms in total. The Morgan fingerprint density at radius 2 is 1.87 bits per heavy atom. The molecule has 0 aromatic heterocycles. The monoisotopic (exact) mass is 210 g/mol. The number of nitrogens with one attached hydrogen (secondary N) is 1. The first-order chi connectivity index (χ1) is 6.99. The zero-order valence-electron chi connectivity index (χ0n) is 10.3. The van der Waals surface area contributed by atoms with E-state index < -0.39 is 0 Å². The molecule has 2 saturated carbocycles. The zero-order chi connectivity index (χ0) is 10.9. The highest BCUT2D eigenvalue weighted by atomic mass is 15.0. The van der Waals surface area contributed by atoms with Crippen molar-refractivity contribution in [3.05, 3.63) is 0 Å². The van der Waals surface area contributed by atoms with Crippen molar-refractivity contribution in [3.63, 3.8) is 0 Å². The predicted molar refractivity (Wildman–Crippen MR) is 64.8 cm³/mol. The molecule has 0 radical (unpaired) electrons. The van der Waals surface area contributed by atoms with Crippen LogP contribution in [0.25, 0.3) is 0 Å². The molecule has 1 atom stereocenters. The maximum absolute atomic E-state index is 6.34. The van der Waals surface area contributed by atoms with Gasteiger partial charge in [-0.3, -0.25) is 0 Å². The van der Waals surface area contributed by atoms with Crippen LogP contribution in [0.3, 0.4) is 0 Å². The van der Waals surface area contributed by atoms with Gasteiger partial charge in [-0.1, -0.05) is 26.7 Å². The summed E-state index contributed by atoms with van der Waals surface area (Å²) in [6.07, 6.45) is 9.11. The van der Waals surface area contributed by atoms with Gasteiger partial charge < -0.3 is 11.1 Å². The van der Waals surface area contributed by atoms with Gasteiger partial charge in [-0.05, 0) is 37.5 Å². The van der Waals surface area contributed by atoms with Crippen LogP contribution in [0.2, 0.25) is 0 Å². The molecule has 0 aromatic carbocycles. The lowest BCUT2D eigenvalue weighted by molar-refractivity contribution is 0.340. The Hall–Kier alpha value is -0.0800. The molecule has 88 valence electrons. The molecule has 15 heavy (non-hydrogen) atoms. The van der Waals surface area contributed by atoms with Crippen LogP contribution >= 0.6 is 0 Å². The van der Waals surface area contributed by atoms with Crippen LogP contribution in [0.15, 0.2) is 0 Å². The van der Waals surface area contributed by atoms with Crippen LogP contribution in [0.1, 0.15) is 58.8 Å². The molecule has 0 bridgehead atoms. The van der Waals surface area contributed by atoms with Gasteiger partial charge in [0.1, 0.15) is 0 Å². The molecule has 0 saturated heterocycles. The van der Waals surface area contributed by atoms with Gasteiger partial charge in [0.05, 0.1) is 0 Å². The van der Waals surface area contributed by atoms with Crippen LogP contribution in [-0.4, -0.2) is 18.1 Å². The zero-order valence-corrected chi connectivity index (χ0v) is 10.3. The second-order valence-electron chi connectivity index (χ2n) is 6.55. The minimum absolute atomic E-state index is 0.118. The van der Waals surface area contributed by atoms with Gasteiger partial charge >= 0.3 is 0 Å². The van der Waals surface area contributed by atoms with Gasteiger partial charge in [0, 0.05) is 18.1 Å². The maximum Gasteiger partial charge on any atom is 0.0280 e. The molecule has 3 N–H and O–H groups in total. The molecular formula is C13H26N2. The molecule has 0 aromatic rings. The van der Waals surface area contributed by atoms with Crippen molar-refractivity contribution in [2.75, 3.05) is 6.54 Å². The Balaban J connectivity index is 1.74. The summed E-state index contributed by atoms with van der Waals surface area (Å²) in [7, 11) is 0. The van der Waals surface area contributed by atoms with Crippen LogP contribution in [0, 0.1) is 5.41 Å². The summed E-state index contributed by atoms with van der Waals surface area (Å²) >= 11 is 0. The molecule has 0 spiro atoms. The largest absolute Gasteiger partial charge is 0.324 e. The lowest BCUT2D eigenvalue weighted by Gasteiger charge is -2.27. The predicted octanol–water partition coefficient (Wildman–Crippen LogP) is 2.43. The second-order valence-corrected chi connectivity index (χ2v) is 6.55. The molecule has 2 aliphatic carbocycles. The molecule has 2 heteroatoms. The first-order valence-electron chi connectivity index (χ1n) is 6.52. The van der Waals surface area contributed by atoms with Crippen LogP contribution in [0.5, 0.6) is 0 Å². The number of hydrogen-bond donors (Lipinski definition) is 2. The first kappa shape index (κ1) is 11.4. The van der Waals surface area contributed by atoms with E-state index in [1.165, 1.54) is 44.9 Å². The molecule has 2 fully saturated rings. The Labute approximate surface area is 94.0 Å². The smallest absolute Gasteiger partial charge is 0.0280 e. The third kappa shape index (κ3) is 2.94. The summed E-state index contributed by atoms with van der Waals surface area (Å²) in [6, 6.07) is 0.723. The van der Waals surface area contributed by atoms with Crippen LogP contribution < -0.4 is 11.1 Å². The van der Waals surface area contributed by atoms with Crippen molar-refractivity contribution in [1.29, 1.82) is 0 Å². The summed E-state index contributed by atoms with van der Waals surface area (Å²) in [5.41, 5.74) is 7.01. The Kier molecular flexibility index (Phi) is 3.09. The second kappa shape index (κ2) is 4.06. The molecule has 0 aliphatic heterocycles. The van der Waals surface area contributed by atoms with Crippen molar-refractivity contribution in [2.24, 2.45) is 11.1 Å². The lowest BCUT2D eigenvalue weighted by Crippen LogP contribution is -2.48. The Bertz CT molecular complexity index is 217. The molecule has 2 aliphatic rings. The van der Waals surface area contributed by atoms with E-state index in [1.807, 2.05) is 0 Å². The van der Waals surface area contributed by atoms with E-state index in [1.54, 1.807) is 0 Å². The van der Waals surface area contributed by atoms with Crippen molar-refractivity contribution in [2.45, 2.75) is 70.4 Å². The van der Waals surface area contributed by atoms with Gasteiger partial charge in [-0.15, -0.1) is 0 Å². The lowest BCUT2D eigenvalue weighted by atomic mass is 9.91. The van der Waals surface area contributed by atoms with E-state index in [9.17, 15) is 0 Å². The van der Waals surface area contributed by atoms with Gasteiger partial charge in [-0.2, -0.15) is 0 Å². The van der Waals surface area contributed by atoms with E-state index >= 15 is 0 Å². The fraction of sp³-hybridized carbons (Fsp3) is 1.00. The highest BCUT2D eigenvalue weighted by Crippen LogP contribution is 2.37. The average Bonchev–Trinajstić information content (AvgIpc) is 2.70. The topological polar surface area (TPSA) is 38.0 Å². The summed E-state index contributed by atoms with van der Waals surface area (Å²) in [5.74, 6) is 0. The van der Waals surface area contributed by atoms with Crippen molar-refractivity contribution in [3.8, 4) is 0 Å². The first-order valence-corrected chi connectivity index (χ1v) is 6.52. The van der Waals surface area contributed by atoms with Gasteiger partial charge in [0.15, 0.2) is 0 Å². The molecule has 1 unspecified atom stereocenters. The fourth-order valence-electron chi connectivity index (χ4n) is 3.21. The summed E-state index contributed by atoms with van der Waals surface area (Å²) in [6.45, 7) is 5.79. The third-order valence-electron chi connectivity index (χ3n) is 4.31. The van der Waals surface area contributed by atoms with E-state index in [4.69, 9.17) is 5.73 Å². The molecule has 0 heterocycles. The number of hydrogen-bond acceptors (Lipinski definition) is 2. The van der Waals surface area contributed by atoms with Gasteiger partial charge in [0.25, 0.3) is 0 Å².